The van der Waals surface area contributed by atoms with Crippen LogP contribution in [-0.4, -0.2) is 25.7 Å². The second-order valence-corrected chi connectivity index (χ2v) is 4.24. The average molecular weight is 225 g/mol. The van der Waals surface area contributed by atoms with E-state index in [4.69, 9.17) is 5.11 Å². The first-order valence-corrected chi connectivity index (χ1v) is 5.56. The molecule has 2 aromatic rings. The molecule has 0 saturated heterocycles. The molecule has 2 aromatic heterocycles. The molecular weight excluding hydrogens is 214 g/mol. The molecular formula is C9H11N3O2S. The summed E-state index contributed by atoms with van der Waals surface area (Å²) in [7, 11) is 0. The number of aliphatic carboxylic acids is 1. The lowest BCUT2D eigenvalue weighted by molar-refractivity contribution is -0.136. The topological polar surface area (TPSA) is 67.5 Å². The van der Waals surface area contributed by atoms with Gasteiger partial charge in [-0.3, -0.25) is 4.79 Å². The number of rotatable bonds is 4. The largest absolute Gasteiger partial charge is 0.481 e. The van der Waals surface area contributed by atoms with Gasteiger partial charge in [-0.05, 0) is 6.42 Å². The van der Waals surface area contributed by atoms with Crippen LogP contribution in [0.5, 0.6) is 0 Å². The van der Waals surface area contributed by atoms with Crippen LogP contribution in [0.15, 0.2) is 6.20 Å². The minimum absolute atomic E-state index is 0.117. The summed E-state index contributed by atoms with van der Waals surface area (Å²) in [5.74, 6) is -0.798. The van der Waals surface area contributed by atoms with Crippen LogP contribution in [0, 0.1) is 0 Å². The molecule has 0 saturated carbocycles. The zero-order valence-corrected chi connectivity index (χ0v) is 9.12. The van der Waals surface area contributed by atoms with E-state index in [-0.39, 0.29) is 6.42 Å². The fourth-order valence-electron chi connectivity index (χ4n) is 1.28. The highest BCUT2D eigenvalue weighted by Crippen LogP contribution is 2.15. The van der Waals surface area contributed by atoms with E-state index >= 15 is 0 Å². The standard InChI is InChI=1S/C9H11N3O2S/c1-2-7-11-12-5-6(3-4-8(13)14)10-9(12)15-7/h5H,2-4H2,1H3,(H,13,14). The van der Waals surface area contributed by atoms with Crippen molar-refractivity contribution in [2.75, 3.05) is 0 Å². The molecule has 0 atom stereocenters. The number of nitrogens with zero attached hydrogens (tertiary/aromatic N) is 3. The van der Waals surface area contributed by atoms with Crippen LogP contribution >= 0.6 is 11.3 Å². The van der Waals surface area contributed by atoms with Gasteiger partial charge in [-0.2, -0.15) is 5.10 Å². The van der Waals surface area contributed by atoms with E-state index in [1.807, 2.05) is 6.92 Å². The summed E-state index contributed by atoms with van der Waals surface area (Å²) < 4.78 is 1.72. The van der Waals surface area contributed by atoms with Crippen LogP contribution < -0.4 is 0 Å². The molecule has 2 rings (SSSR count). The Morgan fingerprint density at radius 2 is 2.47 bits per heavy atom. The predicted molar refractivity (Wildman–Crippen MR) is 56.2 cm³/mol. The Balaban J connectivity index is 2.17. The molecule has 0 fully saturated rings. The summed E-state index contributed by atoms with van der Waals surface area (Å²) >= 11 is 1.55. The molecule has 0 bridgehead atoms. The molecule has 15 heavy (non-hydrogen) atoms. The lowest BCUT2D eigenvalue weighted by atomic mass is 10.2. The maximum Gasteiger partial charge on any atom is 0.303 e. The maximum atomic E-state index is 10.4. The van der Waals surface area contributed by atoms with E-state index in [0.29, 0.717) is 6.42 Å². The molecule has 6 heteroatoms. The van der Waals surface area contributed by atoms with Crippen LogP contribution in [0.2, 0.25) is 0 Å². The summed E-state index contributed by atoms with van der Waals surface area (Å²) in [5.41, 5.74) is 0.791. The van der Waals surface area contributed by atoms with Gasteiger partial charge in [0.15, 0.2) is 0 Å². The Hall–Kier alpha value is -1.43. The van der Waals surface area contributed by atoms with E-state index in [1.54, 1.807) is 22.0 Å². The predicted octanol–water partition coefficient (Wildman–Crippen LogP) is 1.37. The van der Waals surface area contributed by atoms with Crippen molar-refractivity contribution in [3.63, 3.8) is 0 Å². The maximum absolute atomic E-state index is 10.4. The number of hydrogen-bond donors (Lipinski definition) is 1. The molecule has 0 spiro atoms. The van der Waals surface area contributed by atoms with Crippen molar-refractivity contribution in [1.82, 2.24) is 14.6 Å². The molecule has 0 aliphatic carbocycles. The third-order valence-electron chi connectivity index (χ3n) is 2.03. The summed E-state index contributed by atoms with van der Waals surface area (Å²) in [6, 6.07) is 0. The number of carbonyl (C=O) groups is 1. The highest BCUT2D eigenvalue weighted by atomic mass is 32.1. The van der Waals surface area contributed by atoms with Crippen LogP contribution in [0.4, 0.5) is 0 Å². The Labute approximate surface area is 90.4 Å². The van der Waals surface area contributed by atoms with Crippen molar-refractivity contribution < 1.29 is 9.90 Å². The van der Waals surface area contributed by atoms with Gasteiger partial charge in [-0.25, -0.2) is 9.50 Å². The van der Waals surface area contributed by atoms with Crippen molar-refractivity contribution in [2.45, 2.75) is 26.2 Å². The third-order valence-corrected chi connectivity index (χ3v) is 3.10. The normalized spacial score (nSPS) is 11.0. The fraction of sp³-hybridized carbons (Fsp3) is 0.444. The second-order valence-electron chi connectivity index (χ2n) is 3.20. The summed E-state index contributed by atoms with van der Waals surface area (Å²) in [6.45, 7) is 2.05. The van der Waals surface area contributed by atoms with E-state index in [0.717, 1.165) is 22.1 Å². The summed E-state index contributed by atoms with van der Waals surface area (Å²) in [6.07, 6.45) is 3.28. The van der Waals surface area contributed by atoms with Gasteiger partial charge in [0.25, 0.3) is 0 Å². The van der Waals surface area contributed by atoms with E-state index in [2.05, 4.69) is 10.1 Å². The van der Waals surface area contributed by atoms with Gasteiger partial charge >= 0.3 is 5.97 Å². The number of carboxylic acids is 1. The molecule has 0 aliphatic rings. The van der Waals surface area contributed by atoms with Gasteiger partial charge in [0, 0.05) is 6.42 Å². The molecule has 2 heterocycles. The number of hydrogen-bond acceptors (Lipinski definition) is 4. The molecule has 0 aromatic carbocycles. The van der Waals surface area contributed by atoms with Crippen molar-refractivity contribution in [3.05, 3.63) is 16.9 Å². The number of aryl methyl sites for hydroxylation is 2. The van der Waals surface area contributed by atoms with Gasteiger partial charge in [0.2, 0.25) is 4.96 Å². The number of aromatic nitrogens is 3. The van der Waals surface area contributed by atoms with Crippen molar-refractivity contribution in [2.24, 2.45) is 0 Å². The summed E-state index contributed by atoms with van der Waals surface area (Å²) in [5, 5.41) is 13.9. The van der Waals surface area contributed by atoms with E-state index in [1.165, 1.54) is 0 Å². The first-order chi connectivity index (χ1) is 7.19. The number of fused-ring (bicyclic) bond motifs is 1. The molecule has 5 nitrogen and oxygen atoms in total. The quantitative estimate of drug-likeness (QED) is 0.853. The third kappa shape index (κ3) is 2.15. The molecule has 1 N–H and O–H groups in total. The van der Waals surface area contributed by atoms with Crippen molar-refractivity contribution >= 4 is 22.3 Å². The minimum Gasteiger partial charge on any atom is -0.481 e. The SMILES string of the molecule is CCc1nn2cc(CCC(=O)O)nc2s1. The van der Waals surface area contributed by atoms with Gasteiger partial charge in [0.05, 0.1) is 18.3 Å². The zero-order valence-electron chi connectivity index (χ0n) is 8.30. The second kappa shape index (κ2) is 3.98. The highest BCUT2D eigenvalue weighted by Gasteiger charge is 2.08. The van der Waals surface area contributed by atoms with Gasteiger partial charge < -0.3 is 5.11 Å². The fourth-order valence-corrected chi connectivity index (χ4v) is 2.12. The van der Waals surface area contributed by atoms with E-state index < -0.39 is 5.97 Å². The van der Waals surface area contributed by atoms with Crippen molar-refractivity contribution in [1.29, 1.82) is 0 Å². The van der Waals surface area contributed by atoms with Crippen LogP contribution in [0.1, 0.15) is 24.0 Å². The molecule has 80 valence electrons. The van der Waals surface area contributed by atoms with Crippen LogP contribution in [0.25, 0.3) is 4.96 Å². The van der Waals surface area contributed by atoms with Crippen molar-refractivity contribution in [3.8, 4) is 0 Å². The first kappa shape index (κ1) is 10.1. The van der Waals surface area contributed by atoms with Gasteiger partial charge in [-0.1, -0.05) is 18.3 Å². The van der Waals surface area contributed by atoms with Gasteiger partial charge in [-0.15, -0.1) is 0 Å². The Morgan fingerprint density at radius 1 is 1.67 bits per heavy atom. The van der Waals surface area contributed by atoms with E-state index in [9.17, 15) is 4.79 Å². The Kier molecular flexibility index (Phi) is 2.68. The molecule has 0 amide bonds. The molecule has 0 radical (unpaired) electrons. The minimum atomic E-state index is -0.798. The average Bonchev–Trinajstić information content (AvgIpc) is 2.70. The van der Waals surface area contributed by atoms with Crippen LogP contribution in [-0.2, 0) is 17.6 Å². The number of imidazole rings is 1. The summed E-state index contributed by atoms with van der Waals surface area (Å²) in [4.78, 5) is 15.5. The molecule has 0 unspecified atom stereocenters. The smallest absolute Gasteiger partial charge is 0.303 e. The first-order valence-electron chi connectivity index (χ1n) is 4.75. The number of carboxylic acid groups (broad SMARTS) is 1. The lowest BCUT2D eigenvalue weighted by Crippen LogP contribution is -1.97. The zero-order chi connectivity index (χ0) is 10.8. The Morgan fingerprint density at radius 3 is 3.07 bits per heavy atom. The lowest BCUT2D eigenvalue weighted by Gasteiger charge is -1.89. The highest BCUT2D eigenvalue weighted by molar-refractivity contribution is 7.16. The molecule has 0 aliphatic heterocycles. The van der Waals surface area contributed by atoms with Gasteiger partial charge in [0.1, 0.15) is 5.01 Å². The Bertz CT molecular complexity index is 457. The monoisotopic (exact) mass is 225 g/mol. The van der Waals surface area contributed by atoms with Crippen LogP contribution in [0.3, 0.4) is 0 Å².